The maximum atomic E-state index is 8.60. The molecule has 24 heavy (non-hydrogen) atoms. The highest BCUT2D eigenvalue weighted by atomic mass is 14.5. The van der Waals surface area contributed by atoms with Crippen molar-refractivity contribution in [1.29, 1.82) is 5.41 Å². The lowest BCUT2D eigenvalue weighted by Gasteiger charge is -2.30. The van der Waals surface area contributed by atoms with Gasteiger partial charge in [-0.25, -0.2) is 0 Å². The first-order chi connectivity index (χ1) is 11.7. The van der Waals surface area contributed by atoms with Crippen LogP contribution in [0.3, 0.4) is 0 Å². The van der Waals surface area contributed by atoms with E-state index in [1.54, 1.807) is 5.57 Å². The van der Waals surface area contributed by atoms with E-state index in [2.05, 4.69) is 56.3 Å². The number of hydrogen-bond acceptors (Lipinski definition) is 1. The highest BCUT2D eigenvalue weighted by molar-refractivity contribution is 5.90. The van der Waals surface area contributed by atoms with Crippen LogP contribution in [0.1, 0.15) is 63.5 Å². The molecule has 0 amide bonds. The summed E-state index contributed by atoms with van der Waals surface area (Å²) < 4.78 is 0. The normalized spacial score (nSPS) is 19.9. The zero-order valence-electron chi connectivity index (χ0n) is 15.1. The van der Waals surface area contributed by atoms with Gasteiger partial charge in [0.1, 0.15) is 0 Å². The SMILES string of the molecule is CCCC(=N)C1Cc2ccccc2C=C1C1=CC=C(CCC)CC1. The Bertz CT molecular complexity index is 703. The topological polar surface area (TPSA) is 23.9 Å². The molecule has 0 spiro atoms. The van der Waals surface area contributed by atoms with Gasteiger partial charge >= 0.3 is 0 Å². The van der Waals surface area contributed by atoms with Crippen LogP contribution in [0, 0.1) is 11.3 Å². The van der Waals surface area contributed by atoms with Gasteiger partial charge in [0.2, 0.25) is 0 Å². The summed E-state index contributed by atoms with van der Waals surface area (Å²) in [4.78, 5) is 0. The van der Waals surface area contributed by atoms with Gasteiger partial charge in [-0.1, -0.05) is 74.8 Å². The molecule has 1 aromatic carbocycles. The van der Waals surface area contributed by atoms with Crippen LogP contribution >= 0.6 is 0 Å². The third-order valence-corrected chi connectivity index (χ3v) is 5.28. The molecule has 0 aromatic heterocycles. The Labute approximate surface area is 146 Å². The van der Waals surface area contributed by atoms with E-state index in [-0.39, 0.29) is 5.92 Å². The molecule has 126 valence electrons. The summed E-state index contributed by atoms with van der Waals surface area (Å²) in [6, 6.07) is 8.69. The average Bonchev–Trinajstić information content (AvgIpc) is 2.62. The lowest BCUT2D eigenvalue weighted by Crippen LogP contribution is -2.23. The van der Waals surface area contributed by atoms with Gasteiger partial charge in [-0.3, -0.25) is 0 Å². The average molecular weight is 319 g/mol. The fourth-order valence-corrected chi connectivity index (χ4v) is 3.98. The number of rotatable bonds is 6. The molecule has 0 bridgehead atoms. The van der Waals surface area contributed by atoms with Gasteiger partial charge in [-0.05, 0) is 54.4 Å². The Kier molecular flexibility index (Phi) is 5.50. The van der Waals surface area contributed by atoms with Crippen LogP contribution in [0.2, 0.25) is 0 Å². The predicted octanol–water partition coefficient (Wildman–Crippen LogP) is 6.51. The minimum Gasteiger partial charge on any atom is -0.309 e. The second-order valence-corrected chi connectivity index (χ2v) is 7.10. The van der Waals surface area contributed by atoms with Gasteiger partial charge < -0.3 is 5.41 Å². The molecule has 0 heterocycles. The van der Waals surface area contributed by atoms with Crippen molar-refractivity contribution < 1.29 is 0 Å². The molecule has 2 aliphatic rings. The Hall–Kier alpha value is -1.89. The lowest BCUT2D eigenvalue weighted by atomic mass is 9.75. The predicted molar refractivity (Wildman–Crippen MR) is 105 cm³/mol. The third-order valence-electron chi connectivity index (χ3n) is 5.28. The van der Waals surface area contributed by atoms with Crippen LogP contribution in [-0.4, -0.2) is 5.71 Å². The quantitative estimate of drug-likeness (QED) is 0.578. The minimum absolute atomic E-state index is 0.271. The van der Waals surface area contributed by atoms with Crippen LogP contribution in [0.15, 0.2) is 53.1 Å². The number of benzene rings is 1. The molecular weight excluding hydrogens is 290 g/mol. The zero-order chi connectivity index (χ0) is 16.9. The fraction of sp³-hybridized carbons (Fsp3) is 0.435. The fourth-order valence-electron chi connectivity index (χ4n) is 3.98. The molecule has 1 N–H and O–H groups in total. The number of fused-ring (bicyclic) bond motifs is 1. The third kappa shape index (κ3) is 3.61. The van der Waals surface area contributed by atoms with Crippen molar-refractivity contribution in [3.8, 4) is 0 Å². The van der Waals surface area contributed by atoms with E-state index in [1.165, 1.54) is 41.5 Å². The lowest BCUT2D eigenvalue weighted by molar-refractivity contribution is 0.732. The van der Waals surface area contributed by atoms with Crippen molar-refractivity contribution in [2.75, 3.05) is 0 Å². The first-order valence-corrected chi connectivity index (χ1v) is 9.48. The molecule has 0 saturated heterocycles. The van der Waals surface area contributed by atoms with Crippen molar-refractivity contribution in [3.05, 3.63) is 64.3 Å². The number of hydrogen-bond donors (Lipinski definition) is 1. The first-order valence-electron chi connectivity index (χ1n) is 9.48. The maximum Gasteiger partial charge on any atom is 0.0260 e. The van der Waals surface area contributed by atoms with E-state index in [9.17, 15) is 0 Å². The molecule has 1 aromatic rings. The second-order valence-electron chi connectivity index (χ2n) is 7.10. The van der Waals surface area contributed by atoms with Crippen molar-refractivity contribution >= 4 is 11.8 Å². The summed E-state index contributed by atoms with van der Waals surface area (Å²) in [5.41, 5.74) is 8.08. The van der Waals surface area contributed by atoms with E-state index in [0.29, 0.717) is 0 Å². The monoisotopic (exact) mass is 319 g/mol. The molecule has 1 unspecified atom stereocenters. The highest BCUT2D eigenvalue weighted by Crippen LogP contribution is 2.38. The van der Waals surface area contributed by atoms with Crippen molar-refractivity contribution in [2.24, 2.45) is 5.92 Å². The number of allylic oxidation sites excluding steroid dienone is 5. The summed E-state index contributed by atoms with van der Waals surface area (Å²) in [6.07, 6.45) is 14.8. The van der Waals surface area contributed by atoms with E-state index >= 15 is 0 Å². The molecule has 1 nitrogen and oxygen atoms in total. The van der Waals surface area contributed by atoms with Crippen LogP contribution in [0.5, 0.6) is 0 Å². The van der Waals surface area contributed by atoms with Crippen molar-refractivity contribution in [2.45, 2.75) is 58.8 Å². The standard InChI is InChI=1S/C23H29N/c1-3-7-17-11-13-18(14-12-17)21-15-19-9-5-6-10-20(19)16-22(21)23(24)8-4-2/h5-6,9-11,13,15,22,24H,3-4,7-8,12,14,16H2,1-2H3. The summed E-state index contributed by atoms with van der Waals surface area (Å²) >= 11 is 0. The molecule has 0 radical (unpaired) electrons. The molecule has 0 saturated carbocycles. The summed E-state index contributed by atoms with van der Waals surface area (Å²) in [5.74, 6) is 0.271. The van der Waals surface area contributed by atoms with Gasteiger partial charge in [-0.15, -0.1) is 0 Å². The molecule has 2 aliphatic carbocycles. The summed E-state index contributed by atoms with van der Waals surface area (Å²) in [5, 5.41) is 8.60. The van der Waals surface area contributed by atoms with E-state index < -0.39 is 0 Å². The van der Waals surface area contributed by atoms with Crippen LogP contribution in [0.4, 0.5) is 0 Å². The van der Waals surface area contributed by atoms with Gasteiger partial charge in [-0.2, -0.15) is 0 Å². The van der Waals surface area contributed by atoms with Crippen LogP contribution in [0.25, 0.3) is 6.08 Å². The molecule has 1 heteroatoms. The molecular formula is C23H29N. The van der Waals surface area contributed by atoms with E-state index in [0.717, 1.165) is 31.4 Å². The Morgan fingerprint density at radius 1 is 1.08 bits per heavy atom. The van der Waals surface area contributed by atoms with Gasteiger partial charge in [0.05, 0.1) is 0 Å². The molecule has 3 rings (SSSR count). The molecule has 0 aliphatic heterocycles. The largest absolute Gasteiger partial charge is 0.309 e. The van der Waals surface area contributed by atoms with Gasteiger partial charge in [0.15, 0.2) is 0 Å². The van der Waals surface area contributed by atoms with Gasteiger partial charge in [0, 0.05) is 11.6 Å². The second kappa shape index (κ2) is 7.79. The van der Waals surface area contributed by atoms with E-state index in [4.69, 9.17) is 5.41 Å². The molecule has 1 atom stereocenters. The Morgan fingerprint density at radius 3 is 2.62 bits per heavy atom. The first kappa shape index (κ1) is 17.0. The van der Waals surface area contributed by atoms with Crippen molar-refractivity contribution in [3.63, 3.8) is 0 Å². The van der Waals surface area contributed by atoms with Crippen molar-refractivity contribution in [1.82, 2.24) is 0 Å². The Morgan fingerprint density at radius 2 is 1.92 bits per heavy atom. The maximum absolute atomic E-state index is 8.60. The van der Waals surface area contributed by atoms with Crippen LogP contribution in [-0.2, 0) is 6.42 Å². The number of nitrogens with one attached hydrogen (secondary N) is 1. The smallest absolute Gasteiger partial charge is 0.0260 e. The van der Waals surface area contributed by atoms with E-state index in [1.807, 2.05) is 0 Å². The van der Waals surface area contributed by atoms with Crippen LogP contribution < -0.4 is 0 Å². The highest BCUT2D eigenvalue weighted by Gasteiger charge is 2.27. The Balaban J connectivity index is 1.95. The zero-order valence-corrected chi connectivity index (χ0v) is 15.1. The minimum atomic E-state index is 0.271. The summed E-state index contributed by atoms with van der Waals surface area (Å²) in [6.45, 7) is 4.43. The summed E-state index contributed by atoms with van der Waals surface area (Å²) in [7, 11) is 0. The molecule has 0 fully saturated rings. The van der Waals surface area contributed by atoms with Gasteiger partial charge in [0.25, 0.3) is 0 Å².